The van der Waals surface area contributed by atoms with Crippen LogP contribution in [-0.2, 0) is 4.79 Å². The molecule has 0 aromatic heterocycles. The summed E-state index contributed by atoms with van der Waals surface area (Å²) in [7, 11) is 1.88. The van der Waals surface area contributed by atoms with E-state index in [9.17, 15) is 4.79 Å². The highest BCUT2D eigenvalue weighted by Crippen LogP contribution is 2.07. The van der Waals surface area contributed by atoms with Gasteiger partial charge in [-0.1, -0.05) is 30.5 Å². The number of carbonyl (C=O) groups excluding carboxylic acids is 1. The van der Waals surface area contributed by atoms with E-state index >= 15 is 0 Å². The summed E-state index contributed by atoms with van der Waals surface area (Å²) in [6.07, 6.45) is 3.88. The summed E-state index contributed by atoms with van der Waals surface area (Å²) in [6.45, 7) is 4.94. The summed E-state index contributed by atoms with van der Waals surface area (Å²) >= 11 is 1.18. The van der Waals surface area contributed by atoms with Crippen LogP contribution in [-0.4, -0.2) is 41.9 Å². The van der Waals surface area contributed by atoms with E-state index in [0.29, 0.717) is 19.5 Å². The second-order valence-electron chi connectivity index (χ2n) is 2.83. The van der Waals surface area contributed by atoms with Gasteiger partial charge in [0.25, 0.3) is 0 Å². The maximum Gasteiger partial charge on any atom is 0.194 e. The van der Waals surface area contributed by atoms with Gasteiger partial charge in [0.15, 0.2) is 5.12 Å². The molecular formula is C10H17NO2S. The summed E-state index contributed by atoms with van der Waals surface area (Å²) in [5.74, 6) is 0. The zero-order chi connectivity index (χ0) is 10.8. The fourth-order valence-corrected chi connectivity index (χ4v) is 1.34. The monoisotopic (exact) mass is 215 g/mol. The van der Waals surface area contributed by atoms with Gasteiger partial charge in [0, 0.05) is 19.5 Å². The molecule has 0 heterocycles. The van der Waals surface area contributed by atoms with Crippen LogP contribution in [0.5, 0.6) is 0 Å². The van der Waals surface area contributed by atoms with E-state index in [1.165, 1.54) is 11.8 Å². The van der Waals surface area contributed by atoms with Crippen molar-refractivity contribution in [3.63, 3.8) is 0 Å². The average Bonchev–Trinajstić information content (AvgIpc) is 2.16. The smallest absolute Gasteiger partial charge is 0.194 e. The Bertz CT molecular complexity index is 204. The molecule has 0 bridgehead atoms. The normalized spacial score (nSPS) is 11.1. The van der Waals surface area contributed by atoms with Crippen molar-refractivity contribution in [1.29, 1.82) is 0 Å². The molecule has 0 aromatic rings. The Labute approximate surface area is 89.5 Å². The van der Waals surface area contributed by atoms with Gasteiger partial charge < -0.3 is 10.0 Å². The van der Waals surface area contributed by atoms with Gasteiger partial charge in [-0.25, -0.2) is 0 Å². The number of carbonyl (C=O) groups is 1. The molecule has 14 heavy (non-hydrogen) atoms. The minimum atomic E-state index is 0.132. The fraction of sp³-hybridized carbons (Fsp3) is 0.500. The summed E-state index contributed by atoms with van der Waals surface area (Å²) in [4.78, 5) is 13.1. The van der Waals surface area contributed by atoms with E-state index < -0.39 is 0 Å². The summed E-state index contributed by atoms with van der Waals surface area (Å²) in [6, 6.07) is 0. The Morgan fingerprint density at radius 2 is 2.29 bits per heavy atom. The largest absolute Gasteiger partial charge is 0.395 e. The van der Waals surface area contributed by atoms with Crippen molar-refractivity contribution in [2.24, 2.45) is 0 Å². The van der Waals surface area contributed by atoms with Crippen LogP contribution in [0.3, 0.4) is 0 Å². The third-order valence-electron chi connectivity index (χ3n) is 1.59. The molecule has 0 rings (SSSR count). The number of aliphatic hydroxyl groups is 1. The van der Waals surface area contributed by atoms with E-state index in [-0.39, 0.29) is 11.7 Å². The van der Waals surface area contributed by atoms with Crippen LogP contribution < -0.4 is 0 Å². The third-order valence-corrected chi connectivity index (χ3v) is 2.35. The van der Waals surface area contributed by atoms with E-state index in [0.717, 1.165) is 0 Å². The van der Waals surface area contributed by atoms with Crippen LogP contribution in [0.15, 0.2) is 24.1 Å². The van der Waals surface area contributed by atoms with Gasteiger partial charge in [-0.05, 0) is 12.5 Å². The first-order chi connectivity index (χ1) is 6.70. The van der Waals surface area contributed by atoms with E-state index in [2.05, 4.69) is 6.58 Å². The second kappa shape index (κ2) is 8.99. The predicted molar refractivity (Wildman–Crippen MR) is 61.1 cm³/mol. The Morgan fingerprint density at radius 3 is 2.86 bits per heavy atom. The maximum absolute atomic E-state index is 11.2. The van der Waals surface area contributed by atoms with Crippen molar-refractivity contribution in [2.75, 3.05) is 26.7 Å². The number of thioether (sulfide) groups is 1. The van der Waals surface area contributed by atoms with Crippen LogP contribution in [0.1, 0.15) is 6.42 Å². The topological polar surface area (TPSA) is 40.5 Å². The van der Waals surface area contributed by atoms with E-state index in [4.69, 9.17) is 5.11 Å². The van der Waals surface area contributed by atoms with Gasteiger partial charge in [-0.3, -0.25) is 4.79 Å². The molecule has 80 valence electrons. The van der Waals surface area contributed by atoms with Crippen molar-refractivity contribution in [1.82, 2.24) is 4.90 Å². The molecule has 0 radical (unpaired) electrons. The number of aliphatic hydroxyl groups excluding tert-OH is 1. The quantitative estimate of drug-likeness (QED) is 0.649. The molecule has 0 spiro atoms. The minimum absolute atomic E-state index is 0.132. The van der Waals surface area contributed by atoms with E-state index in [1.54, 1.807) is 17.6 Å². The zero-order valence-electron chi connectivity index (χ0n) is 8.48. The lowest BCUT2D eigenvalue weighted by molar-refractivity contribution is -0.111. The molecule has 0 unspecified atom stereocenters. The Morgan fingerprint density at radius 1 is 1.57 bits per heavy atom. The average molecular weight is 215 g/mol. The number of nitrogens with zero attached hydrogens (tertiary/aromatic N) is 1. The number of rotatable bonds is 7. The van der Waals surface area contributed by atoms with Crippen molar-refractivity contribution in [2.45, 2.75) is 6.42 Å². The standard InChI is InChI=1S/C10H17NO2S/c1-3-4-9-14-10(13)5-6-11(2)7-8-12/h3-4,9,12H,1,5-8H2,2H3/b9-4-. The molecule has 0 aromatic carbocycles. The van der Waals surface area contributed by atoms with Crippen LogP contribution in [0.4, 0.5) is 0 Å². The van der Waals surface area contributed by atoms with Crippen molar-refractivity contribution >= 4 is 16.9 Å². The molecule has 0 amide bonds. The number of likely N-dealkylation sites (N-methyl/N-ethyl adjacent to an activating group) is 1. The molecule has 3 nitrogen and oxygen atoms in total. The highest BCUT2D eigenvalue weighted by Gasteiger charge is 2.02. The predicted octanol–water partition coefficient (Wildman–Crippen LogP) is 1.26. The molecule has 0 aliphatic heterocycles. The summed E-state index contributed by atoms with van der Waals surface area (Å²) in [5, 5.41) is 10.5. The van der Waals surface area contributed by atoms with Crippen LogP contribution in [0.2, 0.25) is 0 Å². The fourth-order valence-electron chi connectivity index (χ4n) is 0.794. The molecule has 0 saturated heterocycles. The molecule has 0 atom stereocenters. The zero-order valence-corrected chi connectivity index (χ0v) is 9.30. The highest BCUT2D eigenvalue weighted by atomic mass is 32.2. The Kier molecular flexibility index (Phi) is 8.62. The number of hydrogen-bond donors (Lipinski definition) is 1. The summed E-state index contributed by atoms with van der Waals surface area (Å²) in [5.41, 5.74) is 0. The molecule has 1 N–H and O–H groups in total. The van der Waals surface area contributed by atoms with Crippen molar-refractivity contribution < 1.29 is 9.90 Å². The van der Waals surface area contributed by atoms with Gasteiger partial charge >= 0.3 is 0 Å². The van der Waals surface area contributed by atoms with Gasteiger partial charge in [0.2, 0.25) is 0 Å². The van der Waals surface area contributed by atoms with E-state index in [1.807, 2.05) is 11.9 Å². The molecule has 0 fully saturated rings. The van der Waals surface area contributed by atoms with Crippen LogP contribution in [0, 0.1) is 0 Å². The first kappa shape index (κ1) is 13.4. The summed E-state index contributed by atoms with van der Waals surface area (Å²) < 4.78 is 0. The van der Waals surface area contributed by atoms with Crippen molar-refractivity contribution in [3.05, 3.63) is 24.1 Å². The lowest BCUT2D eigenvalue weighted by atomic mass is 10.4. The maximum atomic E-state index is 11.2. The highest BCUT2D eigenvalue weighted by molar-refractivity contribution is 8.16. The molecule has 0 aliphatic rings. The second-order valence-corrected chi connectivity index (χ2v) is 3.79. The molecule has 0 aliphatic carbocycles. The lowest BCUT2D eigenvalue weighted by Crippen LogP contribution is -2.24. The lowest BCUT2D eigenvalue weighted by Gasteiger charge is -2.13. The number of allylic oxidation sites excluding steroid dienone is 2. The minimum Gasteiger partial charge on any atom is -0.395 e. The molecule has 4 heteroatoms. The van der Waals surface area contributed by atoms with Gasteiger partial charge in [0.1, 0.15) is 0 Å². The molecular weight excluding hydrogens is 198 g/mol. The Hall–Kier alpha value is -0.580. The first-order valence-corrected chi connectivity index (χ1v) is 5.35. The van der Waals surface area contributed by atoms with Gasteiger partial charge in [0.05, 0.1) is 6.61 Å². The Balaban J connectivity index is 3.52. The number of hydrogen-bond acceptors (Lipinski definition) is 4. The molecule has 0 saturated carbocycles. The van der Waals surface area contributed by atoms with Gasteiger partial charge in [-0.15, -0.1) is 0 Å². The van der Waals surface area contributed by atoms with Crippen LogP contribution >= 0.6 is 11.8 Å². The first-order valence-electron chi connectivity index (χ1n) is 4.47. The SMILES string of the molecule is C=C/C=C\SC(=O)CCN(C)CCO. The van der Waals surface area contributed by atoms with Gasteiger partial charge in [-0.2, -0.15) is 0 Å². The van der Waals surface area contributed by atoms with Crippen LogP contribution in [0.25, 0.3) is 0 Å². The third kappa shape index (κ3) is 8.04. The van der Waals surface area contributed by atoms with Crippen molar-refractivity contribution in [3.8, 4) is 0 Å².